The molecule has 2 rings (SSSR count). The highest BCUT2D eigenvalue weighted by Crippen LogP contribution is 2.44. The molecular weight excluding hydrogens is 148 g/mol. The van der Waals surface area contributed by atoms with Gasteiger partial charge in [-0.1, -0.05) is 18.6 Å². The summed E-state index contributed by atoms with van der Waals surface area (Å²) in [4.78, 5) is 11.8. The van der Waals surface area contributed by atoms with Crippen molar-refractivity contribution in [3.8, 4) is 0 Å². The first-order valence-corrected chi connectivity index (χ1v) is 4.94. The van der Waals surface area contributed by atoms with E-state index in [0.29, 0.717) is 11.7 Å². The minimum absolute atomic E-state index is 0.0868. The summed E-state index contributed by atoms with van der Waals surface area (Å²) in [6.45, 7) is 2.12. The van der Waals surface area contributed by atoms with E-state index in [1.165, 1.54) is 12.8 Å². The summed E-state index contributed by atoms with van der Waals surface area (Å²) < 4.78 is 0. The van der Waals surface area contributed by atoms with E-state index >= 15 is 0 Å². The Morgan fingerprint density at radius 1 is 1.50 bits per heavy atom. The van der Waals surface area contributed by atoms with Gasteiger partial charge in [-0.25, -0.2) is 0 Å². The van der Waals surface area contributed by atoms with E-state index < -0.39 is 0 Å². The lowest BCUT2D eigenvalue weighted by Gasteiger charge is -2.26. The predicted molar refractivity (Wildman–Crippen MR) is 48.8 cm³/mol. The number of carbonyl (C=O) groups is 1. The van der Waals surface area contributed by atoms with Crippen LogP contribution < -0.4 is 0 Å². The van der Waals surface area contributed by atoms with Crippen LogP contribution in [0.3, 0.4) is 0 Å². The molecule has 12 heavy (non-hydrogen) atoms. The Morgan fingerprint density at radius 3 is 3.17 bits per heavy atom. The maximum Gasteiger partial charge on any atom is 0.142 e. The van der Waals surface area contributed by atoms with Crippen molar-refractivity contribution in [3.05, 3.63) is 12.2 Å². The lowest BCUT2D eigenvalue weighted by Crippen LogP contribution is -2.29. The monoisotopic (exact) mass is 164 g/mol. The number of hydrogen-bond acceptors (Lipinski definition) is 1. The number of Topliss-reactive ketones (excluding diaryl/α,β-unsaturated/α-hetero) is 1. The number of carbonyl (C=O) groups excluding carboxylic acids is 1. The predicted octanol–water partition coefficient (Wildman–Crippen LogP) is 2.71. The van der Waals surface area contributed by atoms with Crippen molar-refractivity contribution in [2.45, 2.75) is 39.0 Å². The van der Waals surface area contributed by atoms with Crippen LogP contribution in [0.2, 0.25) is 0 Å². The van der Waals surface area contributed by atoms with Crippen molar-refractivity contribution in [3.63, 3.8) is 0 Å². The van der Waals surface area contributed by atoms with Gasteiger partial charge in [-0.2, -0.15) is 0 Å². The van der Waals surface area contributed by atoms with E-state index in [-0.39, 0.29) is 5.41 Å². The van der Waals surface area contributed by atoms with Gasteiger partial charge in [-0.05, 0) is 32.1 Å². The quantitative estimate of drug-likeness (QED) is 0.503. The number of allylic oxidation sites excluding steroid dienone is 2. The van der Waals surface area contributed by atoms with Gasteiger partial charge < -0.3 is 0 Å². The highest BCUT2D eigenvalue weighted by atomic mass is 16.1. The molecule has 1 fully saturated rings. The summed E-state index contributed by atoms with van der Waals surface area (Å²) >= 11 is 0. The zero-order valence-corrected chi connectivity index (χ0v) is 7.68. The molecule has 0 heterocycles. The van der Waals surface area contributed by atoms with E-state index in [2.05, 4.69) is 19.1 Å². The third kappa shape index (κ3) is 1.03. The first-order chi connectivity index (χ1) is 5.73. The number of rotatable bonds is 0. The van der Waals surface area contributed by atoms with Crippen molar-refractivity contribution in [2.75, 3.05) is 0 Å². The van der Waals surface area contributed by atoms with Crippen LogP contribution in [-0.2, 0) is 4.79 Å². The standard InChI is InChI=1S/C11H16O/c1-11-8-4-6-9(11)5-2-3-7-10(11)12/h4,8-9H,2-3,5-7H2,1H3. The third-order valence-electron chi connectivity index (χ3n) is 3.54. The summed E-state index contributed by atoms with van der Waals surface area (Å²) in [5, 5.41) is 0. The molecule has 0 bridgehead atoms. The fourth-order valence-corrected chi connectivity index (χ4v) is 2.54. The Morgan fingerprint density at radius 2 is 2.33 bits per heavy atom. The van der Waals surface area contributed by atoms with Gasteiger partial charge >= 0.3 is 0 Å². The van der Waals surface area contributed by atoms with Crippen LogP contribution in [0.1, 0.15) is 39.0 Å². The second kappa shape index (κ2) is 2.72. The summed E-state index contributed by atoms with van der Waals surface area (Å²) in [7, 11) is 0. The molecule has 0 N–H and O–H groups in total. The summed E-state index contributed by atoms with van der Waals surface area (Å²) in [6.07, 6.45) is 9.86. The third-order valence-corrected chi connectivity index (χ3v) is 3.54. The first-order valence-electron chi connectivity index (χ1n) is 4.94. The van der Waals surface area contributed by atoms with Crippen molar-refractivity contribution < 1.29 is 4.79 Å². The minimum Gasteiger partial charge on any atom is -0.299 e. The second-order valence-corrected chi connectivity index (χ2v) is 4.29. The molecule has 0 radical (unpaired) electrons. The number of ketones is 1. The molecule has 2 atom stereocenters. The van der Waals surface area contributed by atoms with Gasteiger partial charge in [-0.3, -0.25) is 4.79 Å². The summed E-state index contributed by atoms with van der Waals surface area (Å²) in [5.41, 5.74) is -0.0868. The molecule has 0 amide bonds. The van der Waals surface area contributed by atoms with Gasteiger partial charge in [0.1, 0.15) is 5.78 Å². The minimum atomic E-state index is -0.0868. The van der Waals surface area contributed by atoms with Crippen LogP contribution in [0.15, 0.2) is 12.2 Å². The number of fused-ring (bicyclic) bond motifs is 1. The van der Waals surface area contributed by atoms with Gasteiger partial charge in [0.25, 0.3) is 0 Å². The zero-order chi connectivity index (χ0) is 8.60. The molecule has 1 heteroatoms. The molecule has 0 aromatic rings. The van der Waals surface area contributed by atoms with E-state index in [0.717, 1.165) is 19.3 Å². The molecule has 0 aromatic carbocycles. The summed E-state index contributed by atoms with van der Waals surface area (Å²) in [5.74, 6) is 1.09. The number of hydrogen-bond donors (Lipinski definition) is 0. The molecule has 0 aliphatic heterocycles. The first kappa shape index (κ1) is 8.03. The maximum absolute atomic E-state index is 11.8. The smallest absolute Gasteiger partial charge is 0.142 e. The molecule has 0 saturated heterocycles. The highest BCUT2D eigenvalue weighted by Gasteiger charge is 2.41. The Balaban J connectivity index is 2.28. The van der Waals surface area contributed by atoms with Crippen molar-refractivity contribution >= 4 is 5.78 Å². The fraction of sp³-hybridized carbons (Fsp3) is 0.727. The maximum atomic E-state index is 11.8. The molecule has 0 spiro atoms. The second-order valence-electron chi connectivity index (χ2n) is 4.29. The average molecular weight is 164 g/mol. The van der Waals surface area contributed by atoms with E-state index in [1.807, 2.05) is 0 Å². The normalized spacial score (nSPS) is 41.1. The lowest BCUT2D eigenvalue weighted by atomic mass is 9.75. The van der Waals surface area contributed by atoms with E-state index in [4.69, 9.17) is 0 Å². The topological polar surface area (TPSA) is 17.1 Å². The van der Waals surface area contributed by atoms with Crippen LogP contribution in [0, 0.1) is 11.3 Å². The largest absolute Gasteiger partial charge is 0.299 e. The van der Waals surface area contributed by atoms with Gasteiger partial charge in [-0.15, -0.1) is 0 Å². The van der Waals surface area contributed by atoms with Crippen LogP contribution in [0.4, 0.5) is 0 Å². The van der Waals surface area contributed by atoms with E-state index in [1.54, 1.807) is 0 Å². The molecule has 1 saturated carbocycles. The van der Waals surface area contributed by atoms with Gasteiger partial charge in [0.2, 0.25) is 0 Å². The molecule has 2 aliphatic rings. The molecule has 0 aromatic heterocycles. The Kier molecular flexibility index (Phi) is 1.82. The molecule has 2 aliphatic carbocycles. The van der Waals surface area contributed by atoms with Crippen molar-refractivity contribution in [1.82, 2.24) is 0 Å². The SMILES string of the molecule is CC12C=CCC1CCCCC2=O. The Hall–Kier alpha value is -0.590. The van der Waals surface area contributed by atoms with Crippen LogP contribution in [0.5, 0.6) is 0 Å². The van der Waals surface area contributed by atoms with Gasteiger partial charge in [0.05, 0.1) is 0 Å². The Labute approximate surface area is 73.8 Å². The molecular formula is C11H16O. The van der Waals surface area contributed by atoms with E-state index in [9.17, 15) is 4.79 Å². The highest BCUT2D eigenvalue weighted by molar-refractivity contribution is 5.87. The molecule has 66 valence electrons. The molecule has 2 unspecified atom stereocenters. The van der Waals surface area contributed by atoms with Gasteiger partial charge in [0, 0.05) is 11.8 Å². The van der Waals surface area contributed by atoms with Crippen molar-refractivity contribution in [2.24, 2.45) is 11.3 Å². The van der Waals surface area contributed by atoms with Crippen molar-refractivity contribution in [1.29, 1.82) is 0 Å². The lowest BCUT2D eigenvalue weighted by molar-refractivity contribution is -0.126. The fourth-order valence-electron chi connectivity index (χ4n) is 2.54. The van der Waals surface area contributed by atoms with Crippen LogP contribution >= 0.6 is 0 Å². The van der Waals surface area contributed by atoms with Crippen LogP contribution in [0.25, 0.3) is 0 Å². The average Bonchev–Trinajstić information content (AvgIpc) is 2.37. The zero-order valence-electron chi connectivity index (χ0n) is 7.68. The Bertz CT molecular complexity index is 229. The summed E-state index contributed by atoms with van der Waals surface area (Å²) in [6, 6.07) is 0. The van der Waals surface area contributed by atoms with Crippen LogP contribution in [-0.4, -0.2) is 5.78 Å². The molecule has 1 nitrogen and oxygen atoms in total. The van der Waals surface area contributed by atoms with Gasteiger partial charge in [0.15, 0.2) is 0 Å².